The first-order valence-corrected chi connectivity index (χ1v) is 7.45. The molecule has 1 fully saturated rings. The molecule has 1 aliphatic heterocycles. The molecule has 2 aromatic rings. The number of aromatic nitrogens is 3. The summed E-state index contributed by atoms with van der Waals surface area (Å²) in [7, 11) is 0. The first kappa shape index (κ1) is 14.2. The van der Waals surface area contributed by atoms with Crippen LogP contribution in [0.25, 0.3) is 5.69 Å². The summed E-state index contributed by atoms with van der Waals surface area (Å²) < 4.78 is 7.16. The van der Waals surface area contributed by atoms with Crippen LogP contribution in [0, 0.1) is 6.92 Å². The van der Waals surface area contributed by atoms with Gasteiger partial charge in [-0.1, -0.05) is 12.1 Å². The van der Waals surface area contributed by atoms with E-state index in [-0.39, 0.29) is 0 Å². The summed E-state index contributed by atoms with van der Waals surface area (Å²) in [5.74, 6) is 1.74. The van der Waals surface area contributed by atoms with Crippen molar-refractivity contribution in [3.8, 4) is 5.69 Å². The molecule has 0 amide bonds. The molecule has 5 heteroatoms. The van der Waals surface area contributed by atoms with Crippen LogP contribution in [0.5, 0.6) is 0 Å². The third kappa shape index (κ3) is 2.99. The van der Waals surface area contributed by atoms with Gasteiger partial charge in [0.2, 0.25) is 0 Å². The minimum Gasteiger partial charge on any atom is -0.385 e. The third-order valence-electron chi connectivity index (χ3n) is 3.85. The lowest BCUT2D eigenvalue weighted by Crippen LogP contribution is -2.15. The summed E-state index contributed by atoms with van der Waals surface area (Å²) in [5, 5.41) is 14.7. The van der Waals surface area contributed by atoms with Crippen LogP contribution in [0.3, 0.4) is 0 Å². The molecule has 1 atom stereocenters. The van der Waals surface area contributed by atoms with Gasteiger partial charge in [0.25, 0.3) is 0 Å². The zero-order chi connectivity index (χ0) is 14.8. The van der Waals surface area contributed by atoms with E-state index in [0.29, 0.717) is 11.7 Å². The number of ether oxygens (including phenoxy) is 1. The van der Waals surface area contributed by atoms with E-state index < -0.39 is 6.10 Å². The Bertz CT molecular complexity index is 616. The molecule has 0 unspecified atom stereocenters. The van der Waals surface area contributed by atoms with Crippen molar-refractivity contribution in [3.05, 3.63) is 41.5 Å². The van der Waals surface area contributed by atoms with Crippen molar-refractivity contribution in [1.82, 2.24) is 14.8 Å². The predicted octanol–water partition coefficient (Wildman–Crippen LogP) is 2.52. The Morgan fingerprint density at radius 2 is 2.10 bits per heavy atom. The van der Waals surface area contributed by atoms with E-state index in [1.165, 1.54) is 0 Å². The molecule has 1 aliphatic rings. The molecular formula is C16H21N3O2. The minimum absolute atomic E-state index is 0.322. The van der Waals surface area contributed by atoms with Crippen molar-refractivity contribution >= 4 is 0 Å². The topological polar surface area (TPSA) is 60.2 Å². The van der Waals surface area contributed by atoms with Crippen LogP contribution in [0.2, 0.25) is 0 Å². The quantitative estimate of drug-likeness (QED) is 0.942. The van der Waals surface area contributed by atoms with Gasteiger partial charge in [-0.15, -0.1) is 0 Å². The molecule has 1 saturated heterocycles. The summed E-state index contributed by atoms with van der Waals surface area (Å²) in [4.78, 5) is 4.59. The van der Waals surface area contributed by atoms with Crippen molar-refractivity contribution in [2.45, 2.75) is 38.7 Å². The molecule has 0 aliphatic carbocycles. The highest BCUT2D eigenvalue weighted by molar-refractivity contribution is 5.35. The average Bonchev–Trinajstić information content (AvgIpc) is 2.93. The maximum atomic E-state index is 10.00. The summed E-state index contributed by atoms with van der Waals surface area (Å²) >= 11 is 0. The van der Waals surface area contributed by atoms with Gasteiger partial charge in [-0.25, -0.2) is 9.67 Å². The number of aryl methyl sites for hydroxylation is 1. The lowest BCUT2D eigenvalue weighted by Gasteiger charge is -2.18. The summed E-state index contributed by atoms with van der Waals surface area (Å²) in [6.45, 7) is 5.28. The Morgan fingerprint density at radius 3 is 2.76 bits per heavy atom. The smallest absolute Gasteiger partial charge is 0.160 e. The van der Waals surface area contributed by atoms with Crippen LogP contribution < -0.4 is 0 Å². The monoisotopic (exact) mass is 287 g/mol. The standard InChI is InChI=1S/C16H21N3O2/c1-11-4-3-5-14(10-11)19-16(12(2)20)17-15(18-19)13-6-8-21-9-7-13/h3-5,10,12-13,20H,6-9H2,1-2H3/t12-/m0/s1. The highest BCUT2D eigenvalue weighted by Crippen LogP contribution is 2.27. The Hall–Kier alpha value is -1.72. The maximum absolute atomic E-state index is 10.00. The van der Waals surface area contributed by atoms with Gasteiger partial charge in [0.1, 0.15) is 6.10 Å². The van der Waals surface area contributed by atoms with Crippen molar-refractivity contribution in [3.63, 3.8) is 0 Å². The molecule has 0 spiro atoms. The molecule has 0 saturated carbocycles. The van der Waals surface area contributed by atoms with Crippen molar-refractivity contribution in [2.75, 3.05) is 13.2 Å². The van der Waals surface area contributed by atoms with Crippen LogP contribution >= 0.6 is 0 Å². The number of nitrogens with zero attached hydrogens (tertiary/aromatic N) is 3. The molecule has 5 nitrogen and oxygen atoms in total. The van der Waals surface area contributed by atoms with Crippen LogP contribution in [0.15, 0.2) is 24.3 Å². The number of aliphatic hydroxyl groups is 1. The lowest BCUT2D eigenvalue weighted by molar-refractivity contribution is 0.0835. The lowest BCUT2D eigenvalue weighted by atomic mass is 10.00. The summed E-state index contributed by atoms with van der Waals surface area (Å²) in [5.41, 5.74) is 2.10. The summed E-state index contributed by atoms with van der Waals surface area (Å²) in [6.07, 6.45) is 1.24. The molecule has 1 aromatic carbocycles. The fraction of sp³-hybridized carbons (Fsp3) is 0.500. The predicted molar refractivity (Wildman–Crippen MR) is 79.5 cm³/mol. The van der Waals surface area contributed by atoms with Gasteiger partial charge in [-0.3, -0.25) is 0 Å². The van der Waals surface area contributed by atoms with Crippen LogP contribution in [0.4, 0.5) is 0 Å². The Labute approximate surface area is 124 Å². The van der Waals surface area contributed by atoms with Crippen LogP contribution in [0.1, 0.15) is 49.0 Å². The van der Waals surface area contributed by atoms with Gasteiger partial charge in [0.15, 0.2) is 11.6 Å². The molecule has 21 heavy (non-hydrogen) atoms. The molecule has 1 aromatic heterocycles. The third-order valence-corrected chi connectivity index (χ3v) is 3.85. The average molecular weight is 287 g/mol. The van der Waals surface area contributed by atoms with Crippen molar-refractivity contribution in [2.24, 2.45) is 0 Å². The van der Waals surface area contributed by atoms with Gasteiger partial charge < -0.3 is 9.84 Å². The Balaban J connectivity index is 2.00. The van der Waals surface area contributed by atoms with Gasteiger partial charge in [0, 0.05) is 19.1 Å². The SMILES string of the molecule is Cc1cccc(-n2nc(C3CCOCC3)nc2[C@H](C)O)c1. The largest absolute Gasteiger partial charge is 0.385 e. The van der Waals surface area contributed by atoms with Gasteiger partial charge in [-0.2, -0.15) is 5.10 Å². The van der Waals surface area contributed by atoms with Gasteiger partial charge in [-0.05, 0) is 44.4 Å². The second kappa shape index (κ2) is 5.95. The number of benzene rings is 1. The van der Waals surface area contributed by atoms with Crippen molar-refractivity contribution < 1.29 is 9.84 Å². The van der Waals surface area contributed by atoms with E-state index in [0.717, 1.165) is 43.1 Å². The molecule has 2 heterocycles. The molecule has 1 N–H and O–H groups in total. The molecule has 0 bridgehead atoms. The highest BCUT2D eigenvalue weighted by atomic mass is 16.5. The minimum atomic E-state index is -0.647. The zero-order valence-corrected chi connectivity index (χ0v) is 12.5. The number of aliphatic hydroxyl groups excluding tert-OH is 1. The van der Waals surface area contributed by atoms with E-state index in [4.69, 9.17) is 4.74 Å². The van der Waals surface area contributed by atoms with E-state index in [1.807, 2.05) is 31.2 Å². The van der Waals surface area contributed by atoms with Gasteiger partial charge in [0.05, 0.1) is 5.69 Å². The fourth-order valence-electron chi connectivity index (χ4n) is 2.69. The van der Waals surface area contributed by atoms with Gasteiger partial charge >= 0.3 is 0 Å². The highest BCUT2D eigenvalue weighted by Gasteiger charge is 2.23. The second-order valence-corrected chi connectivity index (χ2v) is 5.64. The fourth-order valence-corrected chi connectivity index (χ4v) is 2.69. The van der Waals surface area contributed by atoms with E-state index >= 15 is 0 Å². The molecule has 0 radical (unpaired) electrons. The van der Waals surface area contributed by atoms with Crippen molar-refractivity contribution in [1.29, 1.82) is 0 Å². The van der Waals surface area contributed by atoms with Crippen LogP contribution in [-0.4, -0.2) is 33.1 Å². The summed E-state index contributed by atoms with van der Waals surface area (Å²) in [6, 6.07) is 8.07. The van der Waals surface area contributed by atoms with E-state index in [9.17, 15) is 5.11 Å². The van der Waals surface area contributed by atoms with E-state index in [1.54, 1.807) is 11.6 Å². The number of hydrogen-bond donors (Lipinski definition) is 1. The second-order valence-electron chi connectivity index (χ2n) is 5.64. The maximum Gasteiger partial charge on any atom is 0.160 e. The first-order valence-electron chi connectivity index (χ1n) is 7.45. The number of rotatable bonds is 3. The van der Waals surface area contributed by atoms with Crippen LogP contribution in [-0.2, 0) is 4.74 Å². The molecular weight excluding hydrogens is 266 g/mol. The Morgan fingerprint density at radius 1 is 1.33 bits per heavy atom. The first-order chi connectivity index (χ1) is 10.1. The molecule has 112 valence electrons. The molecule has 3 rings (SSSR count). The van der Waals surface area contributed by atoms with E-state index in [2.05, 4.69) is 10.1 Å². The number of hydrogen-bond acceptors (Lipinski definition) is 4. The Kier molecular flexibility index (Phi) is 4.03. The normalized spacial score (nSPS) is 17.9. The zero-order valence-electron chi connectivity index (χ0n) is 12.5.